The number of hydrogen-bond donors (Lipinski definition) is 8. The summed E-state index contributed by atoms with van der Waals surface area (Å²) in [5, 5.41) is 70.2. The summed E-state index contributed by atoms with van der Waals surface area (Å²) in [6.45, 7) is -1.38. The first-order chi connectivity index (χ1) is 15.2. The van der Waals surface area contributed by atoms with E-state index in [2.05, 4.69) is 0 Å². The molecule has 10 atom stereocenters. The van der Waals surface area contributed by atoms with Crippen LogP contribution in [0.15, 0.2) is 18.2 Å². The van der Waals surface area contributed by atoms with Gasteiger partial charge in [-0.1, -0.05) is 17.7 Å². The van der Waals surface area contributed by atoms with Crippen molar-refractivity contribution in [3.05, 3.63) is 28.8 Å². The minimum Gasteiger partial charge on any atom is -0.398 e. The van der Waals surface area contributed by atoms with Gasteiger partial charge < -0.3 is 60.4 Å². The van der Waals surface area contributed by atoms with Crippen molar-refractivity contribution in [3.63, 3.8) is 0 Å². The number of aliphatic hydroxyl groups excluding tert-OH is 7. The second kappa shape index (κ2) is 10.9. The smallest absolute Gasteiger partial charge is 0.187 e. The largest absolute Gasteiger partial charge is 0.398 e. The molecule has 12 nitrogen and oxygen atoms in total. The lowest BCUT2D eigenvalue weighted by molar-refractivity contribution is -0.360. The van der Waals surface area contributed by atoms with Crippen LogP contribution in [0.3, 0.4) is 0 Å². The molecule has 0 aromatic heterocycles. The Morgan fingerprint density at radius 3 is 2.09 bits per heavy atom. The Morgan fingerprint density at radius 2 is 1.47 bits per heavy atom. The number of ether oxygens (including phenoxy) is 4. The number of nitrogens with two attached hydrogens (primary N) is 1. The topological polar surface area (TPSA) is 205 Å². The van der Waals surface area contributed by atoms with Crippen LogP contribution >= 0.6 is 11.6 Å². The highest BCUT2D eigenvalue weighted by Crippen LogP contribution is 2.30. The lowest BCUT2D eigenvalue weighted by Crippen LogP contribution is -2.64. The quantitative estimate of drug-likeness (QED) is 0.184. The Balaban J connectivity index is 1.66. The summed E-state index contributed by atoms with van der Waals surface area (Å²) in [6, 6.07) is 4.80. The molecule has 2 fully saturated rings. The molecule has 32 heavy (non-hydrogen) atoms. The number of nitrogen functional groups attached to an aromatic ring is 1. The van der Waals surface area contributed by atoms with Crippen LogP contribution in [-0.4, -0.2) is 110 Å². The highest BCUT2D eigenvalue weighted by molar-refractivity contribution is 6.33. The lowest BCUT2D eigenvalue weighted by Gasteiger charge is -2.45. The lowest BCUT2D eigenvalue weighted by atomic mass is 9.97. The van der Waals surface area contributed by atoms with Crippen LogP contribution in [0, 0.1) is 0 Å². The number of hydrogen-bond acceptors (Lipinski definition) is 12. The fourth-order valence-corrected chi connectivity index (χ4v) is 3.67. The van der Waals surface area contributed by atoms with Crippen LogP contribution in [-0.2, 0) is 25.6 Å². The van der Waals surface area contributed by atoms with Gasteiger partial charge in [0.2, 0.25) is 0 Å². The van der Waals surface area contributed by atoms with Gasteiger partial charge in [-0.15, -0.1) is 0 Å². The van der Waals surface area contributed by atoms with Gasteiger partial charge in [-0.3, -0.25) is 0 Å². The maximum Gasteiger partial charge on any atom is 0.187 e. The van der Waals surface area contributed by atoms with E-state index in [1.807, 2.05) is 0 Å². The molecule has 0 aliphatic carbocycles. The summed E-state index contributed by atoms with van der Waals surface area (Å²) < 4.78 is 21.8. The number of halogens is 1. The predicted molar refractivity (Wildman–Crippen MR) is 107 cm³/mol. The van der Waals surface area contributed by atoms with Crippen molar-refractivity contribution in [2.75, 3.05) is 18.9 Å². The van der Waals surface area contributed by atoms with Crippen molar-refractivity contribution >= 4 is 17.3 Å². The summed E-state index contributed by atoms with van der Waals surface area (Å²) in [4.78, 5) is 0. The van der Waals surface area contributed by atoms with Gasteiger partial charge in [0.25, 0.3) is 0 Å². The average Bonchev–Trinajstić information content (AvgIpc) is 2.78. The summed E-state index contributed by atoms with van der Waals surface area (Å²) >= 11 is 5.87. The van der Waals surface area contributed by atoms with E-state index in [0.29, 0.717) is 16.3 Å². The molecule has 182 valence electrons. The molecule has 2 saturated heterocycles. The first kappa shape index (κ1) is 25.5. The molecular weight excluding hydrogens is 454 g/mol. The predicted octanol–water partition coefficient (Wildman–Crippen LogP) is -2.94. The van der Waals surface area contributed by atoms with Gasteiger partial charge in [0, 0.05) is 0 Å². The molecule has 13 heteroatoms. The van der Waals surface area contributed by atoms with Crippen LogP contribution in [0.5, 0.6) is 0 Å². The van der Waals surface area contributed by atoms with Crippen molar-refractivity contribution in [2.24, 2.45) is 0 Å². The van der Waals surface area contributed by atoms with Crippen molar-refractivity contribution < 1.29 is 54.7 Å². The zero-order chi connectivity index (χ0) is 23.6. The summed E-state index contributed by atoms with van der Waals surface area (Å²) in [7, 11) is 0. The Labute approximate surface area is 188 Å². The van der Waals surface area contributed by atoms with E-state index in [0.717, 1.165) is 0 Å². The van der Waals surface area contributed by atoms with Crippen molar-refractivity contribution in [3.8, 4) is 0 Å². The monoisotopic (exact) mass is 481 g/mol. The normalized spacial score (nSPS) is 40.4. The van der Waals surface area contributed by atoms with E-state index < -0.39 is 74.6 Å². The minimum absolute atomic E-state index is 0.0494. The van der Waals surface area contributed by atoms with Gasteiger partial charge in [0.1, 0.15) is 48.8 Å². The molecule has 3 rings (SSSR count). The summed E-state index contributed by atoms with van der Waals surface area (Å²) in [6.07, 6.45) is -15.1. The summed E-state index contributed by atoms with van der Waals surface area (Å²) in [5.74, 6) is 0. The van der Waals surface area contributed by atoms with E-state index in [4.69, 9.17) is 36.3 Å². The first-order valence-corrected chi connectivity index (χ1v) is 10.3. The molecule has 2 heterocycles. The average molecular weight is 482 g/mol. The summed E-state index contributed by atoms with van der Waals surface area (Å²) in [5.41, 5.74) is 6.69. The molecule has 2 aliphatic heterocycles. The molecule has 0 saturated carbocycles. The SMILES string of the molecule is Nc1cc(COC2OC(CO)C(OC3OC(CO)C(O)C(O)C3O)C(O)C2O)ccc1Cl. The third kappa shape index (κ3) is 5.33. The molecule has 1 aromatic carbocycles. The van der Waals surface area contributed by atoms with Crippen LogP contribution in [0.4, 0.5) is 5.69 Å². The molecule has 10 unspecified atom stereocenters. The third-order valence-corrected chi connectivity index (χ3v) is 5.78. The van der Waals surface area contributed by atoms with Gasteiger partial charge in [0.05, 0.1) is 30.5 Å². The van der Waals surface area contributed by atoms with E-state index in [9.17, 15) is 35.7 Å². The van der Waals surface area contributed by atoms with Gasteiger partial charge in [0.15, 0.2) is 12.6 Å². The second-order valence-electron chi connectivity index (χ2n) is 7.67. The first-order valence-electron chi connectivity index (χ1n) is 9.91. The molecule has 2 aliphatic rings. The molecule has 0 spiro atoms. The van der Waals surface area contributed by atoms with Crippen LogP contribution in [0.1, 0.15) is 5.56 Å². The van der Waals surface area contributed by atoms with Gasteiger partial charge >= 0.3 is 0 Å². The molecule has 0 bridgehead atoms. The minimum atomic E-state index is -1.74. The molecular formula is C19H28ClNO11. The van der Waals surface area contributed by atoms with E-state index in [-0.39, 0.29) is 6.61 Å². The second-order valence-corrected chi connectivity index (χ2v) is 8.08. The Bertz CT molecular complexity index is 754. The molecule has 9 N–H and O–H groups in total. The van der Waals surface area contributed by atoms with Crippen molar-refractivity contribution in [2.45, 2.75) is 68.0 Å². The van der Waals surface area contributed by atoms with Crippen LogP contribution in [0.2, 0.25) is 5.02 Å². The standard InChI is InChI=1S/C19H28ClNO11/c20-8-2-1-7(3-9(8)21)6-29-18-16(28)14(26)17(11(5-23)31-18)32-19-15(27)13(25)12(24)10(4-22)30-19/h1-3,10-19,22-28H,4-6,21H2. The van der Waals surface area contributed by atoms with E-state index >= 15 is 0 Å². The van der Waals surface area contributed by atoms with Crippen molar-refractivity contribution in [1.82, 2.24) is 0 Å². The Kier molecular flexibility index (Phi) is 8.65. The van der Waals surface area contributed by atoms with Gasteiger partial charge in [-0.25, -0.2) is 0 Å². The van der Waals surface area contributed by atoms with E-state index in [1.54, 1.807) is 18.2 Å². The molecule has 1 aromatic rings. The number of anilines is 1. The van der Waals surface area contributed by atoms with Gasteiger partial charge in [-0.2, -0.15) is 0 Å². The van der Waals surface area contributed by atoms with Crippen molar-refractivity contribution in [1.29, 1.82) is 0 Å². The van der Waals surface area contributed by atoms with Crippen LogP contribution < -0.4 is 5.73 Å². The zero-order valence-corrected chi connectivity index (χ0v) is 17.6. The fraction of sp³-hybridized carbons (Fsp3) is 0.684. The van der Waals surface area contributed by atoms with Crippen LogP contribution in [0.25, 0.3) is 0 Å². The number of benzene rings is 1. The number of aliphatic hydroxyl groups is 7. The Morgan fingerprint density at radius 1 is 0.844 bits per heavy atom. The highest BCUT2D eigenvalue weighted by Gasteiger charge is 2.50. The molecule has 0 radical (unpaired) electrons. The Hall–Kier alpha value is -1.13. The maximum atomic E-state index is 10.6. The zero-order valence-electron chi connectivity index (χ0n) is 16.8. The maximum absolute atomic E-state index is 10.6. The van der Waals surface area contributed by atoms with Gasteiger partial charge in [-0.05, 0) is 17.7 Å². The number of rotatable bonds is 7. The third-order valence-electron chi connectivity index (χ3n) is 5.44. The highest BCUT2D eigenvalue weighted by atomic mass is 35.5. The van der Waals surface area contributed by atoms with E-state index in [1.165, 1.54) is 0 Å². The molecule has 0 amide bonds. The fourth-order valence-electron chi connectivity index (χ4n) is 3.55.